The minimum absolute atomic E-state index is 0.765. The van der Waals surface area contributed by atoms with Crippen molar-refractivity contribution in [2.45, 2.75) is 46.1 Å². The minimum atomic E-state index is 0.765. The number of unbranched alkanes of at least 4 members (excludes halogenated alkanes) is 1. The van der Waals surface area contributed by atoms with E-state index < -0.39 is 0 Å². The van der Waals surface area contributed by atoms with Gasteiger partial charge in [-0.25, -0.2) is 4.98 Å². The van der Waals surface area contributed by atoms with Crippen LogP contribution >= 0.6 is 0 Å². The Bertz CT molecular complexity index is 206. The summed E-state index contributed by atoms with van der Waals surface area (Å²) in [6.07, 6.45) is 8.56. The molecule has 1 aromatic rings. The van der Waals surface area contributed by atoms with Crippen LogP contribution in [0.4, 0.5) is 0 Å². The third-order valence-corrected chi connectivity index (χ3v) is 2.46. The quantitative estimate of drug-likeness (QED) is 0.675. The Morgan fingerprint density at radius 2 is 2.23 bits per heavy atom. The summed E-state index contributed by atoms with van der Waals surface area (Å²) in [7, 11) is 0. The molecule has 0 amide bonds. The summed E-state index contributed by atoms with van der Waals surface area (Å²) in [6.45, 7) is 5.51. The largest absolute Gasteiger partial charge is 0.253 e. The number of nitrogens with zero attached hydrogens (tertiary/aromatic N) is 3. The average molecular weight is 181 g/mol. The molecule has 0 N–H and O–H groups in total. The fourth-order valence-electron chi connectivity index (χ4n) is 1.51. The van der Waals surface area contributed by atoms with Gasteiger partial charge in [0.2, 0.25) is 0 Å². The lowest BCUT2D eigenvalue weighted by atomic mass is 10.00. The van der Waals surface area contributed by atoms with Crippen LogP contribution in [-0.4, -0.2) is 14.8 Å². The van der Waals surface area contributed by atoms with E-state index in [1.54, 1.807) is 12.7 Å². The van der Waals surface area contributed by atoms with Crippen LogP contribution in [0.2, 0.25) is 0 Å². The molecule has 0 saturated heterocycles. The van der Waals surface area contributed by atoms with E-state index in [4.69, 9.17) is 0 Å². The van der Waals surface area contributed by atoms with Crippen LogP contribution in [0.3, 0.4) is 0 Å². The Labute approximate surface area is 80.2 Å². The fraction of sp³-hybridized carbons (Fsp3) is 0.800. The smallest absolute Gasteiger partial charge is 0.137 e. The van der Waals surface area contributed by atoms with Gasteiger partial charge in [-0.1, -0.05) is 33.1 Å². The molecule has 74 valence electrons. The topological polar surface area (TPSA) is 30.7 Å². The third kappa shape index (κ3) is 3.57. The number of hydrogen-bond donors (Lipinski definition) is 0. The average Bonchev–Trinajstić information content (AvgIpc) is 2.64. The van der Waals surface area contributed by atoms with E-state index in [0.29, 0.717) is 0 Å². The summed E-state index contributed by atoms with van der Waals surface area (Å²) >= 11 is 0. The third-order valence-electron chi connectivity index (χ3n) is 2.46. The van der Waals surface area contributed by atoms with Gasteiger partial charge in [0.1, 0.15) is 12.7 Å². The molecule has 3 heteroatoms. The molecule has 1 atom stereocenters. The van der Waals surface area contributed by atoms with Gasteiger partial charge in [0.15, 0.2) is 0 Å². The Balaban J connectivity index is 2.31. The van der Waals surface area contributed by atoms with Crippen LogP contribution in [0.1, 0.15) is 39.5 Å². The lowest BCUT2D eigenvalue weighted by molar-refractivity contribution is 0.372. The van der Waals surface area contributed by atoms with Gasteiger partial charge in [-0.3, -0.25) is 4.68 Å². The molecule has 1 rings (SSSR count). The van der Waals surface area contributed by atoms with E-state index in [1.807, 2.05) is 4.68 Å². The monoisotopic (exact) mass is 181 g/mol. The van der Waals surface area contributed by atoms with Crippen molar-refractivity contribution in [2.75, 3.05) is 0 Å². The molecule has 1 unspecified atom stereocenters. The highest BCUT2D eigenvalue weighted by Gasteiger charge is 2.06. The molecule has 0 bridgehead atoms. The zero-order valence-corrected chi connectivity index (χ0v) is 8.61. The molecule has 0 radical (unpaired) electrons. The fourth-order valence-corrected chi connectivity index (χ4v) is 1.51. The molecule has 0 spiro atoms. The van der Waals surface area contributed by atoms with Crippen molar-refractivity contribution >= 4 is 0 Å². The molecule has 0 fully saturated rings. The molecule has 1 heterocycles. The van der Waals surface area contributed by atoms with E-state index in [2.05, 4.69) is 23.9 Å². The first-order valence-electron chi connectivity index (χ1n) is 5.19. The van der Waals surface area contributed by atoms with Crippen molar-refractivity contribution in [3.63, 3.8) is 0 Å². The van der Waals surface area contributed by atoms with E-state index in [0.717, 1.165) is 12.5 Å². The first kappa shape index (κ1) is 10.2. The lowest BCUT2D eigenvalue weighted by Gasteiger charge is -2.13. The molecule has 0 saturated carbocycles. The first-order chi connectivity index (χ1) is 6.36. The predicted octanol–water partition coefficient (Wildman–Crippen LogP) is 2.49. The summed E-state index contributed by atoms with van der Waals surface area (Å²) in [6, 6.07) is 0. The minimum Gasteiger partial charge on any atom is -0.253 e. The molecule has 0 aliphatic carbocycles. The Morgan fingerprint density at radius 1 is 1.38 bits per heavy atom. The van der Waals surface area contributed by atoms with Crippen LogP contribution in [0.5, 0.6) is 0 Å². The normalized spacial score (nSPS) is 13.1. The number of hydrogen-bond acceptors (Lipinski definition) is 2. The van der Waals surface area contributed by atoms with Crippen LogP contribution in [0, 0.1) is 5.92 Å². The highest BCUT2D eigenvalue weighted by atomic mass is 15.3. The van der Waals surface area contributed by atoms with Crippen LogP contribution in [-0.2, 0) is 6.54 Å². The van der Waals surface area contributed by atoms with Gasteiger partial charge in [-0.2, -0.15) is 5.10 Å². The summed E-state index contributed by atoms with van der Waals surface area (Å²) in [5, 5.41) is 4.12. The summed E-state index contributed by atoms with van der Waals surface area (Å²) < 4.78 is 1.93. The second kappa shape index (κ2) is 5.73. The maximum atomic E-state index is 4.12. The lowest BCUT2D eigenvalue weighted by Crippen LogP contribution is -2.10. The zero-order valence-electron chi connectivity index (χ0n) is 8.61. The van der Waals surface area contributed by atoms with Crippen molar-refractivity contribution < 1.29 is 0 Å². The van der Waals surface area contributed by atoms with E-state index in [1.165, 1.54) is 25.7 Å². The molecular formula is C10H19N3. The van der Waals surface area contributed by atoms with Gasteiger partial charge in [0.25, 0.3) is 0 Å². The van der Waals surface area contributed by atoms with Crippen molar-refractivity contribution in [1.29, 1.82) is 0 Å². The summed E-state index contributed by atoms with van der Waals surface area (Å²) in [5.74, 6) is 0.765. The van der Waals surface area contributed by atoms with Crippen molar-refractivity contribution in [2.24, 2.45) is 5.92 Å². The van der Waals surface area contributed by atoms with Crippen LogP contribution < -0.4 is 0 Å². The van der Waals surface area contributed by atoms with E-state index >= 15 is 0 Å². The van der Waals surface area contributed by atoms with Crippen LogP contribution in [0.15, 0.2) is 12.7 Å². The van der Waals surface area contributed by atoms with Gasteiger partial charge in [-0.05, 0) is 12.3 Å². The van der Waals surface area contributed by atoms with Crippen molar-refractivity contribution in [3.05, 3.63) is 12.7 Å². The highest BCUT2D eigenvalue weighted by molar-refractivity contribution is 4.62. The first-order valence-corrected chi connectivity index (χ1v) is 5.19. The Kier molecular flexibility index (Phi) is 4.50. The van der Waals surface area contributed by atoms with Gasteiger partial charge in [-0.15, -0.1) is 0 Å². The second-order valence-corrected chi connectivity index (χ2v) is 3.53. The summed E-state index contributed by atoms with van der Waals surface area (Å²) in [4.78, 5) is 3.94. The van der Waals surface area contributed by atoms with Gasteiger partial charge in [0.05, 0.1) is 0 Å². The highest BCUT2D eigenvalue weighted by Crippen LogP contribution is 2.13. The second-order valence-electron chi connectivity index (χ2n) is 3.53. The molecule has 13 heavy (non-hydrogen) atoms. The molecule has 0 aromatic carbocycles. The molecule has 3 nitrogen and oxygen atoms in total. The standard InChI is InChI=1S/C10H19N3/c1-3-5-6-10(4-2)7-13-9-11-8-12-13/h8-10H,3-7H2,1-2H3. The SMILES string of the molecule is CCCCC(CC)Cn1cncn1. The number of aromatic nitrogens is 3. The zero-order chi connectivity index (χ0) is 9.52. The molecule has 0 aliphatic rings. The van der Waals surface area contributed by atoms with E-state index in [9.17, 15) is 0 Å². The van der Waals surface area contributed by atoms with Crippen LogP contribution in [0.25, 0.3) is 0 Å². The Morgan fingerprint density at radius 3 is 2.77 bits per heavy atom. The van der Waals surface area contributed by atoms with Gasteiger partial charge in [0, 0.05) is 6.54 Å². The maximum Gasteiger partial charge on any atom is 0.137 e. The Hall–Kier alpha value is -0.860. The van der Waals surface area contributed by atoms with Crippen molar-refractivity contribution in [1.82, 2.24) is 14.8 Å². The molecule has 1 aromatic heterocycles. The van der Waals surface area contributed by atoms with E-state index in [-0.39, 0.29) is 0 Å². The summed E-state index contributed by atoms with van der Waals surface area (Å²) in [5.41, 5.74) is 0. The predicted molar refractivity (Wildman–Crippen MR) is 53.3 cm³/mol. The number of rotatable bonds is 6. The van der Waals surface area contributed by atoms with Gasteiger partial charge >= 0.3 is 0 Å². The molecule has 0 aliphatic heterocycles. The molecular weight excluding hydrogens is 162 g/mol. The van der Waals surface area contributed by atoms with Crippen molar-refractivity contribution in [3.8, 4) is 0 Å². The van der Waals surface area contributed by atoms with Gasteiger partial charge < -0.3 is 0 Å². The maximum absolute atomic E-state index is 4.12.